The van der Waals surface area contributed by atoms with Crippen LogP contribution in [0.3, 0.4) is 0 Å². The molecule has 3 aliphatic rings. The van der Waals surface area contributed by atoms with Gasteiger partial charge in [-0.15, -0.1) is 0 Å². The van der Waals surface area contributed by atoms with E-state index in [-0.39, 0.29) is 29.7 Å². The Hall–Kier alpha value is -1.59. The van der Waals surface area contributed by atoms with Crippen LogP contribution in [0.4, 0.5) is 5.69 Å². The molecule has 26 heavy (non-hydrogen) atoms. The van der Waals surface area contributed by atoms with Crippen LogP contribution in [-0.4, -0.2) is 35.8 Å². The second-order valence-corrected chi connectivity index (χ2v) is 8.41. The van der Waals surface area contributed by atoms with Crippen molar-refractivity contribution in [3.63, 3.8) is 0 Å². The summed E-state index contributed by atoms with van der Waals surface area (Å²) in [5.74, 6) is 0.785. The summed E-state index contributed by atoms with van der Waals surface area (Å²) < 4.78 is 0. The first kappa shape index (κ1) is 17.8. The van der Waals surface area contributed by atoms with Gasteiger partial charge in [0.2, 0.25) is 11.8 Å². The number of halogens is 1. The lowest BCUT2D eigenvalue weighted by atomic mass is 9.80. The van der Waals surface area contributed by atoms with Crippen molar-refractivity contribution in [3.8, 4) is 0 Å². The van der Waals surface area contributed by atoms with Gasteiger partial charge in [0, 0.05) is 36.3 Å². The fourth-order valence-electron chi connectivity index (χ4n) is 4.88. The lowest BCUT2D eigenvalue weighted by Gasteiger charge is -2.35. The van der Waals surface area contributed by atoms with Gasteiger partial charge < -0.3 is 16.0 Å². The number of likely N-dealkylation sites (tertiary alicyclic amines) is 1. The Labute approximate surface area is 159 Å². The smallest absolute Gasteiger partial charge is 0.232 e. The molecule has 2 amide bonds. The molecule has 140 valence electrons. The second kappa shape index (κ2) is 7.20. The highest BCUT2D eigenvalue weighted by atomic mass is 35.5. The molecule has 0 radical (unpaired) electrons. The third-order valence-electron chi connectivity index (χ3n) is 6.41. The van der Waals surface area contributed by atoms with Crippen molar-refractivity contribution >= 4 is 29.1 Å². The van der Waals surface area contributed by atoms with Crippen LogP contribution in [0.2, 0.25) is 5.02 Å². The number of nitrogens with two attached hydrogens (primary N) is 1. The number of carbonyl (C=O) groups is 2. The molecule has 2 heterocycles. The van der Waals surface area contributed by atoms with Crippen LogP contribution in [0.1, 0.15) is 50.0 Å². The maximum absolute atomic E-state index is 12.6. The summed E-state index contributed by atoms with van der Waals surface area (Å²) in [4.78, 5) is 27.0. The number of rotatable bonds is 3. The van der Waals surface area contributed by atoms with Crippen LogP contribution in [0.15, 0.2) is 18.2 Å². The van der Waals surface area contributed by atoms with Crippen molar-refractivity contribution in [2.45, 2.75) is 50.5 Å². The summed E-state index contributed by atoms with van der Waals surface area (Å²) in [5.41, 5.74) is 7.99. The van der Waals surface area contributed by atoms with Crippen molar-refractivity contribution in [3.05, 3.63) is 28.8 Å². The highest BCUT2D eigenvalue weighted by molar-refractivity contribution is 6.31. The minimum atomic E-state index is -0.122. The Kier molecular flexibility index (Phi) is 4.93. The summed E-state index contributed by atoms with van der Waals surface area (Å²) in [6.07, 6.45) is 5.56. The molecule has 6 heteroatoms. The Morgan fingerprint density at radius 3 is 2.69 bits per heavy atom. The van der Waals surface area contributed by atoms with Crippen molar-refractivity contribution in [2.24, 2.45) is 17.6 Å². The molecule has 1 saturated carbocycles. The van der Waals surface area contributed by atoms with E-state index in [0.717, 1.165) is 56.4 Å². The van der Waals surface area contributed by atoms with Gasteiger partial charge in [-0.2, -0.15) is 0 Å². The van der Waals surface area contributed by atoms with Crippen molar-refractivity contribution in [1.29, 1.82) is 0 Å². The zero-order valence-electron chi connectivity index (χ0n) is 14.9. The third kappa shape index (κ3) is 3.35. The molecular weight excluding hydrogens is 350 g/mol. The molecule has 0 bridgehead atoms. The summed E-state index contributed by atoms with van der Waals surface area (Å²) >= 11 is 6.03. The molecular formula is C20H26ClN3O2. The Bertz CT molecular complexity index is 715. The normalized spacial score (nSPS) is 28.9. The molecule has 0 aromatic heterocycles. The molecule has 1 saturated heterocycles. The van der Waals surface area contributed by atoms with Crippen LogP contribution < -0.4 is 11.1 Å². The van der Waals surface area contributed by atoms with Gasteiger partial charge in [-0.05, 0) is 55.2 Å². The summed E-state index contributed by atoms with van der Waals surface area (Å²) in [7, 11) is 0. The average Bonchev–Trinajstić information content (AvgIpc) is 3.17. The fourth-order valence-corrected chi connectivity index (χ4v) is 5.05. The van der Waals surface area contributed by atoms with E-state index < -0.39 is 0 Å². The van der Waals surface area contributed by atoms with Crippen LogP contribution in [-0.2, 0) is 9.59 Å². The Morgan fingerprint density at radius 1 is 1.23 bits per heavy atom. The van der Waals surface area contributed by atoms with Crippen LogP contribution in [0.25, 0.3) is 0 Å². The standard InChI is InChI=1S/C20H26ClN3O2/c21-14-4-5-15-17(11-14)23-20(26)19(15)12-6-8-24(9-7-12)18(25)10-13-2-1-3-16(13)22/h4-5,11-13,16,19H,1-3,6-10,22H2,(H,23,26)/t13-,16+,19?/m0/s1. The minimum Gasteiger partial charge on any atom is -0.343 e. The SMILES string of the molecule is N[C@@H]1CCC[C@H]1CC(=O)N1CCC(C2C(=O)Nc3cc(Cl)ccc32)CC1. The highest BCUT2D eigenvalue weighted by Gasteiger charge is 2.39. The van der Waals surface area contributed by atoms with Gasteiger partial charge >= 0.3 is 0 Å². The highest BCUT2D eigenvalue weighted by Crippen LogP contribution is 2.42. The number of hydrogen-bond acceptors (Lipinski definition) is 3. The number of benzene rings is 1. The van der Waals surface area contributed by atoms with Gasteiger partial charge in [0.1, 0.15) is 0 Å². The van der Waals surface area contributed by atoms with Gasteiger partial charge in [-0.3, -0.25) is 9.59 Å². The quantitative estimate of drug-likeness (QED) is 0.852. The molecule has 2 aliphatic heterocycles. The predicted molar refractivity (Wildman–Crippen MR) is 102 cm³/mol. The van der Waals surface area contributed by atoms with E-state index in [1.165, 1.54) is 0 Å². The molecule has 5 nitrogen and oxygen atoms in total. The van der Waals surface area contributed by atoms with Crippen molar-refractivity contribution in [1.82, 2.24) is 4.90 Å². The van der Waals surface area contributed by atoms with E-state index in [2.05, 4.69) is 5.32 Å². The van der Waals surface area contributed by atoms with E-state index in [0.29, 0.717) is 17.4 Å². The van der Waals surface area contributed by atoms with E-state index in [1.807, 2.05) is 23.1 Å². The molecule has 1 aromatic carbocycles. The zero-order valence-corrected chi connectivity index (χ0v) is 15.7. The van der Waals surface area contributed by atoms with Gasteiger partial charge in [0.15, 0.2) is 0 Å². The first-order valence-electron chi connectivity index (χ1n) is 9.66. The Morgan fingerprint density at radius 2 is 2.00 bits per heavy atom. The maximum Gasteiger partial charge on any atom is 0.232 e. The summed E-state index contributed by atoms with van der Waals surface area (Å²) in [6.45, 7) is 1.47. The molecule has 4 rings (SSSR count). The number of nitrogens with zero attached hydrogens (tertiary/aromatic N) is 1. The lowest BCUT2D eigenvalue weighted by molar-refractivity contribution is -0.133. The van der Waals surface area contributed by atoms with Crippen molar-refractivity contribution in [2.75, 3.05) is 18.4 Å². The number of amides is 2. The second-order valence-electron chi connectivity index (χ2n) is 7.98. The maximum atomic E-state index is 12.6. The Balaban J connectivity index is 1.37. The molecule has 3 N–H and O–H groups in total. The molecule has 1 aromatic rings. The largest absolute Gasteiger partial charge is 0.343 e. The van der Waals surface area contributed by atoms with Gasteiger partial charge in [-0.25, -0.2) is 0 Å². The fraction of sp³-hybridized carbons (Fsp3) is 0.600. The first-order chi connectivity index (χ1) is 12.5. The van der Waals surface area contributed by atoms with E-state index in [9.17, 15) is 9.59 Å². The van der Waals surface area contributed by atoms with Crippen LogP contribution in [0, 0.1) is 11.8 Å². The lowest BCUT2D eigenvalue weighted by Crippen LogP contribution is -2.42. The van der Waals surface area contributed by atoms with E-state index in [1.54, 1.807) is 0 Å². The van der Waals surface area contributed by atoms with Crippen LogP contribution in [0.5, 0.6) is 0 Å². The van der Waals surface area contributed by atoms with Gasteiger partial charge in [-0.1, -0.05) is 24.1 Å². The molecule has 1 aliphatic carbocycles. The van der Waals surface area contributed by atoms with Crippen molar-refractivity contribution < 1.29 is 9.59 Å². The number of hydrogen-bond donors (Lipinski definition) is 2. The molecule has 0 spiro atoms. The van der Waals surface area contributed by atoms with Gasteiger partial charge in [0.25, 0.3) is 0 Å². The van der Waals surface area contributed by atoms with Gasteiger partial charge in [0.05, 0.1) is 5.92 Å². The molecule has 2 fully saturated rings. The molecule has 1 unspecified atom stereocenters. The topological polar surface area (TPSA) is 75.4 Å². The van der Waals surface area contributed by atoms with E-state index in [4.69, 9.17) is 17.3 Å². The number of fused-ring (bicyclic) bond motifs is 1. The summed E-state index contributed by atoms with van der Waals surface area (Å²) in [5, 5.41) is 3.59. The number of nitrogens with one attached hydrogen (secondary N) is 1. The molecule has 3 atom stereocenters. The van der Waals surface area contributed by atoms with E-state index >= 15 is 0 Å². The summed E-state index contributed by atoms with van der Waals surface area (Å²) in [6, 6.07) is 5.80. The van der Waals surface area contributed by atoms with Crippen LogP contribution >= 0.6 is 11.6 Å². The third-order valence-corrected chi connectivity index (χ3v) is 6.64. The number of piperidine rings is 1. The first-order valence-corrected chi connectivity index (χ1v) is 10.0. The number of anilines is 1. The average molecular weight is 376 g/mol. The minimum absolute atomic E-state index is 0.0592. The monoisotopic (exact) mass is 375 g/mol. The zero-order chi connectivity index (χ0) is 18.3. The predicted octanol–water partition coefficient (Wildman–Crippen LogP) is 3.13. The number of carbonyl (C=O) groups excluding carboxylic acids is 2.